The third-order valence-corrected chi connectivity index (χ3v) is 4.91. The van der Waals surface area contributed by atoms with Crippen LogP contribution in [0.5, 0.6) is 0 Å². The molecule has 1 amide bonds. The molecule has 0 aromatic heterocycles. The lowest BCUT2D eigenvalue weighted by atomic mass is 10.0. The van der Waals surface area contributed by atoms with Crippen LogP contribution in [0.2, 0.25) is 0 Å². The van der Waals surface area contributed by atoms with Crippen LogP contribution in [0.25, 0.3) is 0 Å². The molecule has 0 saturated carbocycles. The number of benzene rings is 1. The molecule has 0 aliphatic heterocycles. The first kappa shape index (κ1) is 14.6. The van der Waals surface area contributed by atoms with Crippen molar-refractivity contribution in [2.75, 3.05) is 10.7 Å². The maximum Gasteiger partial charge on any atom is 0.252 e. The molecule has 0 aliphatic rings. The Balaban J connectivity index is 2.90. The minimum atomic E-state index is -0.363. The van der Waals surface area contributed by atoms with Gasteiger partial charge in [0.15, 0.2) is 0 Å². The van der Waals surface area contributed by atoms with Gasteiger partial charge in [0.05, 0.1) is 5.54 Å². The highest BCUT2D eigenvalue weighted by molar-refractivity contribution is 9.09. The van der Waals surface area contributed by atoms with Gasteiger partial charge in [-0.15, -0.1) is 0 Å². The topological polar surface area (TPSA) is 29.1 Å². The van der Waals surface area contributed by atoms with Crippen molar-refractivity contribution in [3.63, 3.8) is 0 Å². The van der Waals surface area contributed by atoms with E-state index in [1.54, 1.807) is 6.92 Å². The molecule has 5 heteroatoms. The third-order valence-electron chi connectivity index (χ3n) is 2.44. The van der Waals surface area contributed by atoms with Crippen LogP contribution in [0.4, 0.5) is 4.39 Å². The van der Waals surface area contributed by atoms with Crippen LogP contribution in [-0.2, 0) is 0 Å². The summed E-state index contributed by atoms with van der Waals surface area (Å²) in [5.74, 6) is -0.522. The van der Waals surface area contributed by atoms with E-state index in [0.717, 1.165) is 0 Å². The zero-order chi connectivity index (χ0) is 13.1. The number of hydrogen-bond acceptors (Lipinski definition) is 1. The molecule has 0 atom stereocenters. The predicted octanol–water partition coefficient (Wildman–Crippen LogP) is 3.41. The van der Waals surface area contributed by atoms with Crippen molar-refractivity contribution in [3.8, 4) is 0 Å². The Kier molecular flexibility index (Phi) is 5.13. The first-order valence-electron chi connectivity index (χ1n) is 5.12. The molecule has 0 heterocycles. The van der Waals surface area contributed by atoms with Gasteiger partial charge >= 0.3 is 0 Å². The van der Waals surface area contributed by atoms with Crippen LogP contribution < -0.4 is 5.32 Å². The zero-order valence-electron chi connectivity index (χ0n) is 9.69. The van der Waals surface area contributed by atoms with E-state index >= 15 is 0 Å². The summed E-state index contributed by atoms with van der Waals surface area (Å²) in [6.45, 7) is 3.64. The number of alkyl halides is 2. The third kappa shape index (κ3) is 3.78. The van der Waals surface area contributed by atoms with E-state index in [-0.39, 0.29) is 17.3 Å². The number of amides is 1. The van der Waals surface area contributed by atoms with Gasteiger partial charge in [-0.05, 0) is 37.6 Å². The molecule has 0 radical (unpaired) electrons. The van der Waals surface area contributed by atoms with Gasteiger partial charge in [-0.2, -0.15) is 0 Å². The highest BCUT2D eigenvalue weighted by atomic mass is 79.9. The molecule has 0 spiro atoms. The second kappa shape index (κ2) is 5.96. The van der Waals surface area contributed by atoms with Crippen molar-refractivity contribution in [3.05, 3.63) is 35.1 Å². The molecule has 0 fully saturated rings. The van der Waals surface area contributed by atoms with Crippen LogP contribution in [0.3, 0.4) is 0 Å². The Labute approximate surface area is 117 Å². The Morgan fingerprint density at radius 2 is 2.00 bits per heavy atom. The number of halogens is 3. The Morgan fingerprint density at radius 3 is 2.47 bits per heavy atom. The fourth-order valence-corrected chi connectivity index (χ4v) is 2.53. The van der Waals surface area contributed by atoms with Crippen molar-refractivity contribution in [2.45, 2.75) is 19.4 Å². The lowest BCUT2D eigenvalue weighted by molar-refractivity contribution is 0.0922. The second-order valence-electron chi connectivity index (χ2n) is 4.24. The van der Waals surface area contributed by atoms with Crippen molar-refractivity contribution in [1.82, 2.24) is 5.32 Å². The average molecular weight is 367 g/mol. The van der Waals surface area contributed by atoms with Gasteiger partial charge in [-0.1, -0.05) is 31.9 Å². The Hall–Kier alpha value is -0.420. The fourth-order valence-electron chi connectivity index (χ4n) is 1.33. The summed E-state index contributed by atoms with van der Waals surface area (Å²) >= 11 is 6.72. The van der Waals surface area contributed by atoms with Crippen molar-refractivity contribution in [2.24, 2.45) is 0 Å². The Morgan fingerprint density at radius 1 is 1.41 bits per heavy atom. The minimum absolute atomic E-state index is 0.191. The predicted molar refractivity (Wildman–Crippen MR) is 74.6 cm³/mol. The van der Waals surface area contributed by atoms with E-state index in [1.807, 2.05) is 6.92 Å². The van der Waals surface area contributed by atoms with Gasteiger partial charge in [0.1, 0.15) is 5.82 Å². The van der Waals surface area contributed by atoms with Gasteiger partial charge in [0, 0.05) is 16.2 Å². The number of rotatable bonds is 4. The first-order valence-corrected chi connectivity index (χ1v) is 7.37. The molecule has 0 bridgehead atoms. The van der Waals surface area contributed by atoms with Crippen molar-refractivity contribution < 1.29 is 9.18 Å². The van der Waals surface area contributed by atoms with Crippen molar-refractivity contribution >= 4 is 37.8 Å². The van der Waals surface area contributed by atoms with Crippen LogP contribution >= 0.6 is 31.9 Å². The molecular formula is C12H14Br2FNO. The summed E-state index contributed by atoms with van der Waals surface area (Å²) in [7, 11) is 0. The molecule has 0 aliphatic carbocycles. The number of carbonyl (C=O) groups is 1. The lowest BCUT2D eigenvalue weighted by Crippen LogP contribution is -2.49. The molecule has 1 N–H and O–H groups in total. The van der Waals surface area contributed by atoms with Gasteiger partial charge in [-0.3, -0.25) is 4.79 Å². The SMILES string of the molecule is Cc1cc(F)ccc1C(=O)NC(C)(CBr)CBr. The number of nitrogens with one attached hydrogen (secondary N) is 1. The first-order chi connectivity index (χ1) is 7.91. The van der Waals surface area contributed by atoms with Crippen LogP contribution in [0.1, 0.15) is 22.8 Å². The monoisotopic (exact) mass is 365 g/mol. The molecular weight excluding hydrogens is 353 g/mol. The van der Waals surface area contributed by atoms with Crippen LogP contribution in [-0.4, -0.2) is 22.1 Å². The molecule has 0 saturated heterocycles. The maximum atomic E-state index is 12.9. The molecule has 1 rings (SSSR count). The van der Waals surface area contributed by atoms with E-state index in [9.17, 15) is 9.18 Å². The quantitative estimate of drug-likeness (QED) is 0.813. The summed E-state index contributed by atoms with van der Waals surface area (Å²) in [6, 6.07) is 4.15. The average Bonchev–Trinajstić information content (AvgIpc) is 2.28. The lowest BCUT2D eigenvalue weighted by Gasteiger charge is -2.26. The molecule has 0 unspecified atom stereocenters. The summed E-state index contributed by atoms with van der Waals surface area (Å²) in [5.41, 5.74) is 0.770. The molecule has 1 aromatic carbocycles. The fraction of sp³-hybridized carbons (Fsp3) is 0.417. The van der Waals surface area contributed by atoms with Gasteiger partial charge in [-0.25, -0.2) is 4.39 Å². The molecule has 2 nitrogen and oxygen atoms in total. The van der Waals surface area contributed by atoms with Gasteiger partial charge in [0.2, 0.25) is 0 Å². The molecule has 17 heavy (non-hydrogen) atoms. The smallest absolute Gasteiger partial charge is 0.252 e. The summed E-state index contributed by atoms with van der Waals surface area (Å²) in [5, 5.41) is 4.19. The van der Waals surface area contributed by atoms with E-state index in [2.05, 4.69) is 37.2 Å². The largest absolute Gasteiger partial charge is 0.345 e. The van der Waals surface area contributed by atoms with Gasteiger partial charge < -0.3 is 5.32 Å². The highest BCUT2D eigenvalue weighted by Gasteiger charge is 2.24. The van der Waals surface area contributed by atoms with Crippen molar-refractivity contribution in [1.29, 1.82) is 0 Å². The van der Waals surface area contributed by atoms with Crippen LogP contribution in [0.15, 0.2) is 18.2 Å². The van der Waals surface area contributed by atoms with E-state index in [0.29, 0.717) is 21.8 Å². The number of hydrogen-bond donors (Lipinski definition) is 1. The van der Waals surface area contributed by atoms with E-state index in [4.69, 9.17) is 0 Å². The minimum Gasteiger partial charge on any atom is -0.345 e. The normalized spacial score (nSPS) is 11.4. The highest BCUT2D eigenvalue weighted by Crippen LogP contribution is 2.15. The van der Waals surface area contributed by atoms with E-state index < -0.39 is 0 Å². The standard InChI is InChI=1S/C12H14Br2FNO/c1-8-5-9(15)3-4-10(8)11(17)16-12(2,6-13)7-14/h3-5H,6-7H2,1-2H3,(H,16,17). The molecule has 94 valence electrons. The number of carbonyl (C=O) groups excluding carboxylic acids is 1. The Bertz CT molecular complexity index is 419. The second-order valence-corrected chi connectivity index (χ2v) is 5.36. The van der Waals surface area contributed by atoms with Gasteiger partial charge in [0.25, 0.3) is 5.91 Å². The summed E-state index contributed by atoms with van der Waals surface area (Å²) in [4.78, 5) is 12.0. The van der Waals surface area contributed by atoms with E-state index in [1.165, 1.54) is 18.2 Å². The maximum absolute atomic E-state index is 12.9. The summed E-state index contributed by atoms with van der Waals surface area (Å²) in [6.07, 6.45) is 0. The van der Waals surface area contributed by atoms with Crippen LogP contribution in [0, 0.1) is 12.7 Å². The molecule has 1 aromatic rings. The zero-order valence-corrected chi connectivity index (χ0v) is 12.9. The summed E-state index contributed by atoms with van der Waals surface area (Å²) < 4.78 is 12.9. The number of aryl methyl sites for hydroxylation is 1.